The number of hydrogen-bond acceptors (Lipinski definition) is 3. The lowest BCUT2D eigenvalue weighted by Gasteiger charge is -2.32. The molecule has 3 aromatic rings. The first-order valence-corrected chi connectivity index (χ1v) is 13.4. The maximum Gasteiger partial charge on any atom is 0.243 e. The molecule has 0 aliphatic carbocycles. The topological polar surface area (TPSA) is 49.4 Å². The predicted molar refractivity (Wildman–Crippen MR) is 146 cm³/mol. The van der Waals surface area contributed by atoms with Gasteiger partial charge in [-0.15, -0.1) is 11.8 Å². The van der Waals surface area contributed by atoms with Crippen LogP contribution < -0.4 is 5.32 Å². The van der Waals surface area contributed by atoms with Crippen LogP contribution in [0, 0.1) is 6.92 Å². The fourth-order valence-corrected chi connectivity index (χ4v) is 4.86. The molecule has 2 amide bonds. The lowest BCUT2D eigenvalue weighted by atomic mass is 10.0. The molecule has 3 aromatic carbocycles. The summed E-state index contributed by atoms with van der Waals surface area (Å²) in [4.78, 5) is 28.9. The molecular formula is C30H36N2O2S. The van der Waals surface area contributed by atoms with E-state index in [0.29, 0.717) is 18.7 Å². The summed E-state index contributed by atoms with van der Waals surface area (Å²) in [5, 5.41) is 3.12. The minimum Gasteiger partial charge on any atom is -0.352 e. The minimum absolute atomic E-state index is 0.0207. The number of carbonyl (C=O) groups excluding carboxylic acids is 2. The molecule has 0 aliphatic heterocycles. The third-order valence-electron chi connectivity index (χ3n) is 6.21. The lowest BCUT2D eigenvalue weighted by Crippen LogP contribution is -2.52. The normalized spacial score (nSPS) is 12.5. The average Bonchev–Trinajstić information content (AvgIpc) is 2.88. The Morgan fingerprint density at radius 1 is 0.886 bits per heavy atom. The predicted octanol–water partition coefficient (Wildman–Crippen LogP) is 5.78. The van der Waals surface area contributed by atoms with Gasteiger partial charge in [0.05, 0.1) is 5.75 Å². The molecule has 0 fully saturated rings. The van der Waals surface area contributed by atoms with Gasteiger partial charge in [-0.05, 0) is 42.5 Å². The van der Waals surface area contributed by atoms with Crippen LogP contribution in [-0.2, 0) is 28.3 Å². The van der Waals surface area contributed by atoms with Crippen LogP contribution in [0.1, 0.15) is 42.5 Å². The SMILES string of the molecule is CC[C@@H](C)NC(=O)[C@@H](Cc1ccccc1)N(Cc1ccccc1)C(=O)CSCc1ccccc1C. The maximum atomic E-state index is 13.6. The summed E-state index contributed by atoms with van der Waals surface area (Å²) >= 11 is 1.60. The van der Waals surface area contributed by atoms with Crippen LogP contribution >= 0.6 is 11.8 Å². The summed E-state index contributed by atoms with van der Waals surface area (Å²) in [5.41, 5.74) is 4.51. The van der Waals surface area contributed by atoms with E-state index in [0.717, 1.165) is 23.3 Å². The number of hydrogen-bond donors (Lipinski definition) is 1. The average molecular weight is 489 g/mol. The second kappa shape index (κ2) is 13.7. The molecule has 184 valence electrons. The Morgan fingerprint density at radius 3 is 2.11 bits per heavy atom. The van der Waals surface area contributed by atoms with Crippen LogP contribution in [0.4, 0.5) is 0 Å². The molecule has 0 bridgehead atoms. The van der Waals surface area contributed by atoms with Gasteiger partial charge in [-0.1, -0.05) is 91.9 Å². The fraction of sp³-hybridized carbons (Fsp3) is 0.333. The Kier molecular flexibility index (Phi) is 10.4. The van der Waals surface area contributed by atoms with Crippen LogP contribution in [0.2, 0.25) is 0 Å². The van der Waals surface area contributed by atoms with Crippen molar-refractivity contribution in [1.29, 1.82) is 0 Å². The molecule has 35 heavy (non-hydrogen) atoms. The monoisotopic (exact) mass is 488 g/mol. The summed E-state index contributed by atoms with van der Waals surface area (Å²) in [6.07, 6.45) is 1.31. The first-order chi connectivity index (χ1) is 17.0. The minimum atomic E-state index is -0.585. The van der Waals surface area contributed by atoms with Gasteiger partial charge in [0.2, 0.25) is 11.8 Å². The second-order valence-electron chi connectivity index (χ2n) is 8.95. The van der Waals surface area contributed by atoms with Crippen molar-refractivity contribution in [2.45, 2.75) is 58.0 Å². The van der Waals surface area contributed by atoms with Gasteiger partial charge in [-0.2, -0.15) is 0 Å². The highest BCUT2D eigenvalue weighted by molar-refractivity contribution is 7.99. The van der Waals surface area contributed by atoms with Crippen molar-refractivity contribution in [2.75, 3.05) is 5.75 Å². The summed E-state index contributed by atoms with van der Waals surface area (Å²) in [7, 11) is 0. The van der Waals surface area contributed by atoms with E-state index in [2.05, 4.69) is 24.4 Å². The number of aryl methyl sites for hydroxylation is 1. The van der Waals surface area contributed by atoms with E-state index in [1.54, 1.807) is 16.7 Å². The Balaban J connectivity index is 1.84. The molecular weight excluding hydrogens is 452 g/mol. The van der Waals surface area contributed by atoms with Crippen LogP contribution in [-0.4, -0.2) is 34.6 Å². The van der Waals surface area contributed by atoms with Crippen LogP contribution in [0.5, 0.6) is 0 Å². The van der Waals surface area contributed by atoms with Crippen molar-refractivity contribution in [3.63, 3.8) is 0 Å². The molecule has 0 heterocycles. The van der Waals surface area contributed by atoms with Crippen molar-refractivity contribution in [3.8, 4) is 0 Å². The van der Waals surface area contributed by atoms with Crippen LogP contribution in [0.3, 0.4) is 0 Å². The molecule has 0 unspecified atom stereocenters. The first-order valence-electron chi connectivity index (χ1n) is 12.3. The quantitative estimate of drug-likeness (QED) is 0.351. The summed E-state index contributed by atoms with van der Waals surface area (Å²) in [6, 6.07) is 27.6. The lowest BCUT2D eigenvalue weighted by molar-refractivity contribution is -0.139. The Labute approximate surface area is 214 Å². The van der Waals surface area contributed by atoms with E-state index < -0.39 is 6.04 Å². The van der Waals surface area contributed by atoms with Gasteiger partial charge >= 0.3 is 0 Å². The van der Waals surface area contributed by atoms with Gasteiger partial charge in [-0.25, -0.2) is 0 Å². The zero-order valence-electron chi connectivity index (χ0n) is 20.9. The molecule has 4 nitrogen and oxygen atoms in total. The fourth-order valence-electron chi connectivity index (χ4n) is 3.88. The second-order valence-corrected chi connectivity index (χ2v) is 9.94. The number of carbonyl (C=O) groups is 2. The van der Waals surface area contributed by atoms with Gasteiger partial charge in [0.25, 0.3) is 0 Å². The molecule has 0 radical (unpaired) electrons. The van der Waals surface area contributed by atoms with Crippen molar-refractivity contribution in [2.24, 2.45) is 0 Å². The molecule has 5 heteroatoms. The van der Waals surface area contributed by atoms with Gasteiger partial charge in [0.15, 0.2) is 0 Å². The standard InChI is InChI=1S/C30H36N2O2S/c1-4-24(3)31-30(34)28(19-25-14-7-5-8-15-25)32(20-26-16-9-6-10-17-26)29(33)22-35-21-27-18-12-11-13-23(27)2/h5-18,24,28H,4,19-22H2,1-3H3,(H,31,34)/t24-,28-/m1/s1. The zero-order valence-corrected chi connectivity index (χ0v) is 21.8. The zero-order chi connectivity index (χ0) is 25.0. The molecule has 0 saturated heterocycles. The third kappa shape index (κ3) is 8.29. The summed E-state index contributed by atoms with van der Waals surface area (Å²) < 4.78 is 0. The Hall–Kier alpha value is -3.05. The molecule has 1 N–H and O–H groups in total. The van der Waals surface area contributed by atoms with Gasteiger partial charge in [-0.3, -0.25) is 9.59 Å². The Bertz CT molecular complexity index is 1070. The number of thioether (sulfide) groups is 1. The smallest absolute Gasteiger partial charge is 0.243 e. The van der Waals surface area contributed by atoms with E-state index in [9.17, 15) is 9.59 Å². The number of nitrogens with zero attached hydrogens (tertiary/aromatic N) is 1. The van der Waals surface area contributed by atoms with Crippen molar-refractivity contribution < 1.29 is 9.59 Å². The largest absolute Gasteiger partial charge is 0.352 e. The van der Waals surface area contributed by atoms with E-state index in [1.807, 2.05) is 86.6 Å². The molecule has 2 atom stereocenters. The van der Waals surface area contributed by atoms with E-state index in [-0.39, 0.29) is 17.9 Å². The van der Waals surface area contributed by atoms with Gasteiger partial charge < -0.3 is 10.2 Å². The van der Waals surface area contributed by atoms with E-state index in [4.69, 9.17) is 0 Å². The maximum absolute atomic E-state index is 13.6. The van der Waals surface area contributed by atoms with Gasteiger partial charge in [0, 0.05) is 24.8 Å². The van der Waals surface area contributed by atoms with Crippen LogP contribution in [0.15, 0.2) is 84.9 Å². The molecule has 0 aromatic heterocycles. The highest BCUT2D eigenvalue weighted by Crippen LogP contribution is 2.20. The van der Waals surface area contributed by atoms with Crippen molar-refractivity contribution in [3.05, 3.63) is 107 Å². The van der Waals surface area contributed by atoms with Gasteiger partial charge in [0.1, 0.15) is 6.04 Å². The number of rotatable bonds is 12. The number of nitrogens with one attached hydrogen (secondary N) is 1. The van der Waals surface area contributed by atoms with Crippen molar-refractivity contribution in [1.82, 2.24) is 10.2 Å². The molecule has 0 saturated carbocycles. The first kappa shape index (κ1) is 26.6. The number of benzene rings is 3. The molecule has 0 spiro atoms. The van der Waals surface area contributed by atoms with Crippen LogP contribution in [0.25, 0.3) is 0 Å². The van der Waals surface area contributed by atoms with E-state index in [1.165, 1.54) is 11.1 Å². The van der Waals surface area contributed by atoms with Crippen molar-refractivity contribution >= 4 is 23.6 Å². The molecule has 0 aliphatic rings. The number of amides is 2. The summed E-state index contributed by atoms with van der Waals surface area (Å²) in [6.45, 7) is 6.54. The highest BCUT2D eigenvalue weighted by Gasteiger charge is 2.30. The summed E-state index contributed by atoms with van der Waals surface area (Å²) in [5.74, 6) is 0.965. The highest BCUT2D eigenvalue weighted by atomic mass is 32.2. The van der Waals surface area contributed by atoms with E-state index >= 15 is 0 Å². The Morgan fingerprint density at radius 2 is 1.49 bits per heavy atom. The molecule has 3 rings (SSSR count). The third-order valence-corrected chi connectivity index (χ3v) is 7.18.